The first-order valence-electron chi connectivity index (χ1n) is 9.09. The van der Waals surface area contributed by atoms with Gasteiger partial charge in [-0.2, -0.15) is 20.4 Å². The Morgan fingerprint density at radius 1 is 0.931 bits per heavy atom. The second kappa shape index (κ2) is 8.35. The summed E-state index contributed by atoms with van der Waals surface area (Å²) in [5.41, 5.74) is 5.66. The van der Waals surface area contributed by atoms with Gasteiger partial charge in [0.2, 0.25) is 5.91 Å². The smallest absolute Gasteiger partial charge is 0.229 e. The van der Waals surface area contributed by atoms with Gasteiger partial charge in [0.1, 0.15) is 5.82 Å². The Balaban J connectivity index is 1.41. The predicted octanol–water partition coefficient (Wildman–Crippen LogP) is 3.49. The lowest BCUT2D eigenvalue weighted by atomic mass is 9.99. The lowest BCUT2D eigenvalue weighted by molar-refractivity contribution is -0.115. The highest BCUT2D eigenvalue weighted by atomic mass is 16.1. The van der Waals surface area contributed by atoms with Crippen molar-refractivity contribution in [2.45, 2.75) is 13.3 Å². The first-order valence-corrected chi connectivity index (χ1v) is 9.09. The molecule has 4 aromatic rings. The van der Waals surface area contributed by atoms with Crippen LogP contribution in [0.1, 0.15) is 11.1 Å². The van der Waals surface area contributed by atoms with Crippen molar-refractivity contribution in [3.63, 3.8) is 0 Å². The molecule has 0 atom stereocenters. The molecule has 1 aromatic carbocycles. The van der Waals surface area contributed by atoms with E-state index in [-0.39, 0.29) is 12.3 Å². The van der Waals surface area contributed by atoms with E-state index < -0.39 is 0 Å². The van der Waals surface area contributed by atoms with E-state index in [0.29, 0.717) is 5.82 Å². The molecule has 0 spiro atoms. The largest absolute Gasteiger partial charge is 0.310 e. The van der Waals surface area contributed by atoms with Gasteiger partial charge < -0.3 is 5.32 Å². The van der Waals surface area contributed by atoms with Crippen LogP contribution >= 0.6 is 0 Å². The Labute approximate surface area is 167 Å². The Morgan fingerprint density at radius 3 is 2.55 bits per heavy atom. The number of amides is 1. The number of hydrogen-bond donors (Lipinski definition) is 1. The van der Waals surface area contributed by atoms with Crippen LogP contribution in [-0.4, -0.2) is 31.3 Å². The number of nitrogens with zero attached hydrogens (tertiary/aromatic N) is 5. The molecule has 7 nitrogen and oxygen atoms in total. The van der Waals surface area contributed by atoms with Gasteiger partial charge >= 0.3 is 0 Å². The van der Waals surface area contributed by atoms with Gasteiger partial charge in [0, 0.05) is 23.5 Å². The van der Waals surface area contributed by atoms with Crippen LogP contribution in [0.2, 0.25) is 0 Å². The zero-order valence-electron chi connectivity index (χ0n) is 15.8. The third-order valence-corrected chi connectivity index (χ3v) is 4.45. The monoisotopic (exact) mass is 382 g/mol. The fraction of sp³-hybridized carbons (Fsp3) is 0.0909. The van der Waals surface area contributed by atoms with Crippen LogP contribution in [0.15, 0.2) is 73.3 Å². The van der Waals surface area contributed by atoms with E-state index in [1.54, 1.807) is 30.9 Å². The van der Waals surface area contributed by atoms with E-state index in [1.165, 1.54) is 0 Å². The van der Waals surface area contributed by atoms with Crippen molar-refractivity contribution in [2.24, 2.45) is 0 Å². The fourth-order valence-corrected chi connectivity index (χ4v) is 3.06. The molecule has 0 aliphatic carbocycles. The summed E-state index contributed by atoms with van der Waals surface area (Å²) in [6.45, 7) is 2.02. The second-order valence-electron chi connectivity index (χ2n) is 6.55. The van der Waals surface area contributed by atoms with Crippen LogP contribution in [0, 0.1) is 6.92 Å². The number of nitrogens with one attached hydrogen (secondary N) is 1. The average molecular weight is 382 g/mol. The minimum absolute atomic E-state index is 0.123. The maximum Gasteiger partial charge on any atom is 0.229 e. The maximum absolute atomic E-state index is 12.4. The van der Waals surface area contributed by atoms with E-state index in [2.05, 4.69) is 30.7 Å². The molecule has 3 heterocycles. The molecule has 7 heteroatoms. The predicted molar refractivity (Wildman–Crippen MR) is 110 cm³/mol. The summed E-state index contributed by atoms with van der Waals surface area (Å²) in [6.07, 6.45) is 6.95. The SMILES string of the molecule is Cc1cc(CC(=O)Nc2ccc(-c3cccnn3)cn2)ccc1-c1ccnnc1. The summed E-state index contributed by atoms with van der Waals surface area (Å²) in [6, 6.07) is 15.2. The summed E-state index contributed by atoms with van der Waals surface area (Å²) in [5, 5.41) is 18.5. The number of benzene rings is 1. The Hall–Kier alpha value is -4.00. The van der Waals surface area contributed by atoms with E-state index in [0.717, 1.165) is 33.5 Å². The zero-order valence-corrected chi connectivity index (χ0v) is 15.8. The number of pyridine rings is 1. The van der Waals surface area contributed by atoms with Crippen molar-refractivity contribution in [3.05, 3.63) is 84.4 Å². The number of hydrogen-bond acceptors (Lipinski definition) is 6. The minimum atomic E-state index is -0.123. The Kier molecular flexibility index (Phi) is 5.29. The fourth-order valence-electron chi connectivity index (χ4n) is 3.06. The molecule has 0 bridgehead atoms. The Morgan fingerprint density at radius 2 is 1.86 bits per heavy atom. The molecule has 4 rings (SSSR count). The van der Waals surface area contributed by atoms with E-state index in [1.807, 2.05) is 49.4 Å². The van der Waals surface area contributed by atoms with Crippen LogP contribution in [0.5, 0.6) is 0 Å². The molecular weight excluding hydrogens is 364 g/mol. The van der Waals surface area contributed by atoms with E-state index in [9.17, 15) is 4.79 Å². The normalized spacial score (nSPS) is 10.5. The number of anilines is 1. The molecule has 0 saturated carbocycles. The average Bonchev–Trinajstić information content (AvgIpc) is 2.75. The van der Waals surface area contributed by atoms with Crippen molar-refractivity contribution in [1.29, 1.82) is 0 Å². The van der Waals surface area contributed by atoms with Gasteiger partial charge in [0.25, 0.3) is 0 Å². The quantitative estimate of drug-likeness (QED) is 0.568. The first-order chi connectivity index (χ1) is 14.2. The van der Waals surface area contributed by atoms with Gasteiger partial charge in [-0.05, 0) is 53.9 Å². The van der Waals surface area contributed by atoms with Gasteiger partial charge in [0.05, 0.1) is 24.5 Å². The molecule has 0 aliphatic heterocycles. The van der Waals surface area contributed by atoms with Crippen molar-refractivity contribution in [2.75, 3.05) is 5.32 Å². The number of aromatic nitrogens is 5. The molecule has 142 valence electrons. The molecule has 1 amide bonds. The van der Waals surface area contributed by atoms with Crippen LogP contribution in [0.3, 0.4) is 0 Å². The van der Waals surface area contributed by atoms with Gasteiger partial charge in [-0.25, -0.2) is 4.98 Å². The Bertz CT molecular complexity index is 1120. The highest BCUT2D eigenvalue weighted by Crippen LogP contribution is 2.23. The highest BCUT2D eigenvalue weighted by molar-refractivity contribution is 5.91. The molecule has 1 N–H and O–H groups in total. The van der Waals surface area contributed by atoms with Crippen molar-refractivity contribution in [1.82, 2.24) is 25.4 Å². The lowest BCUT2D eigenvalue weighted by Crippen LogP contribution is -2.15. The topological polar surface area (TPSA) is 93.6 Å². The molecule has 0 unspecified atom stereocenters. The molecule has 0 fully saturated rings. The summed E-state index contributed by atoms with van der Waals surface area (Å²) < 4.78 is 0. The second-order valence-corrected chi connectivity index (χ2v) is 6.55. The molecule has 0 aliphatic rings. The van der Waals surface area contributed by atoms with Gasteiger partial charge in [-0.1, -0.05) is 18.2 Å². The van der Waals surface area contributed by atoms with Crippen molar-refractivity contribution >= 4 is 11.7 Å². The summed E-state index contributed by atoms with van der Waals surface area (Å²) in [7, 11) is 0. The molecule has 3 aromatic heterocycles. The highest BCUT2D eigenvalue weighted by Gasteiger charge is 2.09. The van der Waals surface area contributed by atoms with Crippen LogP contribution in [-0.2, 0) is 11.2 Å². The zero-order chi connectivity index (χ0) is 20.1. The van der Waals surface area contributed by atoms with Crippen molar-refractivity contribution < 1.29 is 4.79 Å². The first kappa shape index (κ1) is 18.4. The maximum atomic E-state index is 12.4. The summed E-state index contributed by atoms with van der Waals surface area (Å²) in [4.78, 5) is 16.7. The number of carbonyl (C=O) groups is 1. The van der Waals surface area contributed by atoms with Crippen LogP contribution in [0.25, 0.3) is 22.4 Å². The summed E-state index contributed by atoms with van der Waals surface area (Å²) >= 11 is 0. The van der Waals surface area contributed by atoms with Gasteiger partial charge in [-0.15, -0.1) is 0 Å². The molecule has 29 heavy (non-hydrogen) atoms. The molecule has 0 saturated heterocycles. The number of aryl methyl sites for hydroxylation is 1. The van der Waals surface area contributed by atoms with Gasteiger partial charge in [0.15, 0.2) is 0 Å². The van der Waals surface area contributed by atoms with E-state index in [4.69, 9.17) is 0 Å². The third kappa shape index (κ3) is 4.47. The lowest BCUT2D eigenvalue weighted by Gasteiger charge is -2.09. The summed E-state index contributed by atoms with van der Waals surface area (Å²) in [5.74, 6) is 0.376. The minimum Gasteiger partial charge on any atom is -0.310 e. The number of carbonyl (C=O) groups excluding carboxylic acids is 1. The van der Waals surface area contributed by atoms with Crippen molar-refractivity contribution in [3.8, 4) is 22.4 Å². The standard InChI is InChI=1S/C22H18N6O/c1-15-11-16(4-6-19(15)17-8-10-24-26-14-17)12-22(29)27-21-7-5-18(13-23-21)20-3-2-9-25-28-20/h2-11,13-14H,12H2,1H3,(H,23,27,29). The van der Waals surface area contributed by atoms with Crippen LogP contribution in [0.4, 0.5) is 5.82 Å². The van der Waals surface area contributed by atoms with E-state index >= 15 is 0 Å². The van der Waals surface area contributed by atoms with Gasteiger partial charge in [-0.3, -0.25) is 4.79 Å². The molecule has 0 radical (unpaired) electrons. The molecular formula is C22H18N6O. The van der Waals surface area contributed by atoms with Crippen LogP contribution < -0.4 is 5.32 Å². The third-order valence-electron chi connectivity index (χ3n) is 4.45. The number of rotatable bonds is 5.